The maximum Gasteiger partial charge on any atom is 0.332 e. The molecule has 0 spiro atoms. The molecule has 10 nitrogen and oxygen atoms in total. The van der Waals surface area contributed by atoms with Gasteiger partial charge >= 0.3 is 6.03 Å². The van der Waals surface area contributed by atoms with Crippen LogP contribution in [-0.4, -0.2) is 97.8 Å². The standard InChI is InChI=1S/C33H47N9O.C2H6/c1-8-39-16-18-40(19-17-39)28-12-14-29(15-13-28)42(33(43)36-32-25(4)10-9-11-26(32)5)31-20-30(34-23-37(31)6)35-27-21-38(7)41(22-27)24(2)3;1-2/h9-15,20,22,24H,8,16-19,21,23H2,1-7H3,(H,34,35)(H,36,43);1-2H3. The Morgan fingerprint density at radius 1 is 0.978 bits per heavy atom. The molecule has 244 valence electrons. The van der Waals surface area contributed by atoms with Gasteiger partial charge in [0.1, 0.15) is 18.3 Å². The number of urea groups is 1. The fraction of sp³-hybridized carbons (Fsp3) is 0.486. The molecule has 0 bridgehead atoms. The molecule has 0 unspecified atom stereocenters. The van der Waals surface area contributed by atoms with Crippen molar-refractivity contribution in [2.75, 3.05) is 75.1 Å². The summed E-state index contributed by atoms with van der Waals surface area (Å²) < 4.78 is 0. The Kier molecular flexibility index (Phi) is 11.5. The van der Waals surface area contributed by atoms with E-state index in [1.807, 2.05) is 76.1 Å². The lowest BCUT2D eigenvalue weighted by Gasteiger charge is -2.36. The number of aliphatic imine (C=N–C) groups is 1. The lowest BCUT2D eigenvalue weighted by Crippen LogP contribution is -2.46. The Labute approximate surface area is 270 Å². The molecule has 0 radical (unpaired) electrons. The number of aryl methyl sites for hydroxylation is 2. The van der Waals surface area contributed by atoms with Crippen LogP contribution >= 0.6 is 0 Å². The van der Waals surface area contributed by atoms with Crippen molar-refractivity contribution in [3.8, 4) is 0 Å². The molecule has 2 N–H and O–H groups in total. The molecule has 2 amide bonds. The van der Waals surface area contributed by atoms with Gasteiger partial charge in [0, 0.05) is 70.0 Å². The van der Waals surface area contributed by atoms with Crippen LogP contribution in [0.5, 0.6) is 0 Å². The predicted molar refractivity (Wildman–Crippen MR) is 189 cm³/mol. The molecular formula is C35H53N9O. The van der Waals surface area contributed by atoms with Crippen LogP contribution in [0.2, 0.25) is 0 Å². The first-order valence-electron chi connectivity index (χ1n) is 16.3. The van der Waals surface area contributed by atoms with Crippen LogP contribution in [0, 0.1) is 13.8 Å². The number of nitrogens with zero attached hydrogens (tertiary/aromatic N) is 7. The lowest BCUT2D eigenvalue weighted by atomic mass is 10.1. The van der Waals surface area contributed by atoms with Gasteiger partial charge in [-0.15, -0.1) is 0 Å². The van der Waals surface area contributed by atoms with E-state index in [-0.39, 0.29) is 6.03 Å². The Morgan fingerprint density at radius 2 is 1.62 bits per heavy atom. The van der Waals surface area contributed by atoms with Crippen molar-refractivity contribution in [1.29, 1.82) is 0 Å². The van der Waals surface area contributed by atoms with Gasteiger partial charge in [0.25, 0.3) is 0 Å². The van der Waals surface area contributed by atoms with Crippen molar-refractivity contribution in [2.24, 2.45) is 4.99 Å². The average Bonchev–Trinajstić information content (AvgIpc) is 3.42. The van der Waals surface area contributed by atoms with E-state index in [1.165, 1.54) is 5.69 Å². The van der Waals surface area contributed by atoms with E-state index >= 15 is 0 Å². The monoisotopic (exact) mass is 615 g/mol. The van der Waals surface area contributed by atoms with E-state index in [9.17, 15) is 4.79 Å². The van der Waals surface area contributed by atoms with E-state index in [4.69, 9.17) is 4.99 Å². The van der Waals surface area contributed by atoms with E-state index in [0.717, 1.165) is 79.1 Å². The number of carbonyl (C=O) groups is 1. The highest BCUT2D eigenvalue weighted by Crippen LogP contribution is 2.29. The van der Waals surface area contributed by atoms with Crippen molar-refractivity contribution >= 4 is 28.9 Å². The number of hydrogen-bond acceptors (Lipinski definition) is 8. The SMILES string of the molecule is CC.CCN1CCN(c2ccc(N(C(=O)Nc3c(C)cccc3C)C3=CC(NC4=CN(C(C)C)N(C)C4)=NCN3C)cc2)CC1. The second-order valence-corrected chi connectivity index (χ2v) is 11.9. The number of hydrogen-bond donors (Lipinski definition) is 2. The number of hydrazine groups is 1. The lowest BCUT2D eigenvalue weighted by molar-refractivity contribution is 0.0516. The highest BCUT2D eigenvalue weighted by Gasteiger charge is 2.28. The minimum atomic E-state index is -0.216. The largest absolute Gasteiger partial charge is 0.369 e. The van der Waals surface area contributed by atoms with Crippen LogP contribution in [0.15, 0.2) is 71.3 Å². The maximum absolute atomic E-state index is 14.2. The molecule has 2 aromatic rings. The third-order valence-corrected chi connectivity index (χ3v) is 8.45. The summed E-state index contributed by atoms with van der Waals surface area (Å²) in [7, 11) is 4.05. The third kappa shape index (κ3) is 7.99. The fourth-order valence-electron chi connectivity index (χ4n) is 5.91. The van der Waals surface area contributed by atoms with E-state index in [2.05, 4.69) is 76.6 Å². The smallest absolute Gasteiger partial charge is 0.332 e. The normalized spacial score (nSPS) is 17.4. The zero-order valence-corrected chi connectivity index (χ0v) is 28.8. The van der Waals surface area contributed by atoms with Crippen molar-refractivity contribution in [2.45, 2.75) is 54.5 Å². The molecule has 0 saturated carbocycles. The van der Waals surface area contributed by atoms with Gasteiger partial charge in [-0.2, -0.15) is 0 Å². The van der Waals surface area contributed by atoms with Crippen molar-refractivity contribution in [1.82, 2.24) is 25.1 Å². The Balaban J connectivity index is 0.00000226. The van der Waals surface area contributed by atoms with Crippen molar-refractivity contribution in [3.05, 3.63) is 77.4 Å². The molecule has 3 aliphatic rings. The summed E-state index contributed by atoms with van der Waals surface area (Å²) in [4.78, 5) is 27.6. The summed E-state index contributed by atoms with van der Waals surface area (Å²) in [5.74, 6) is 1.48. The first kappa shape index (κ1) is 33.9. The maximum atomic E-state index is 14.2. The number of carbonyl (C=O) groups excluding carboxylic acids is 1. The van der Waals surface area contributed by atoms with Crippen LogP contribution in [0.4, 0.5) is 21.9 Å². The molecule has 0 aromatic heterocycles. The first-order valence-corrected chi connectivity index (χ1v) is 16.3. The molecule has 5 rings (SSSR count). The Morgan fingerprint density at radius 3 is 2.20 bits per heavy atom. The molecule has 1 saturated heterocycles. The number of nitrogens with one attached hydrogen (secondary N) is 2. The summed E-state index contributed by atoms with van der Waals surface area (Å²) in [6.45, 7) is 21.0. The van der Waals surface area contributed by atoms with Crippen LogP contribution in [0.3, 0.4) is 0 Å². The minimum absolute atomic E-state index is 0.216. The highest BCUT2D eigenvalue weighted by atomic mass is 16.2. The van der Waals surface area contributed by atoms with E-state index in [0.29, 0.717) is 12.7 Å². The minimum Gasteiger partial charge on any atom is -0.369 e. The molecule has 1 fully saturated rings. The van der Waals surface area contributed by atoms with Gasteiger partial charge in [-0.1, -0.05) is 39.0 Å². The first-order chi connectivity index (χ1) is 21.6. The molecule has 3 heterocycles. The molecule has 0 atom stereocenters. The molecule has 2 aromatic carbocycles. The molecule has 3 aliphatic heterocycles. The average molecular weight is 616 g/mol. The van der Waals surface area contributed by atoms with E-state index < -0.39 is 0 Å². The van der Waals surface area contributed by atoms with Gasteiger partial charge in [0.05, 0.1) is 17.9 Å². The number of anilines is 3. The van der Waals surface area contributed by atoms with Gasteiger partial charge < -0.3 is 30.3 Å². The topological polar surface area (TPSA) is 72.9 Å². The van der Waals surface area contributed by atoms with Gasteiger partial charge in [0.2, 0.25) is 0 Å². The quantitative estimate of drug-likeness (QED) is 0.417. The zero-order chi connectivity index (χ0) is 32.7. The second kappa shape index (κ2) is 15.3. The fourth-order valence-corrected chi connectivity index (χ4v) is 5.91. The highest BCUT2D eigenvalue weighted by molar-refractivity contribution is 6.06. The Hall–Kier alpha value is -4.02. The summed E-state index contributed by atoms with van der Waals surface area (Å²) in [5, 5.41) is 11.1. The summed E-state index contributed by atoms with van der Waals surface area (Å²) in [6, 6.07) is 14.6. The van der Waals surface area contributed by atoms with Crippen LogP contribution < -0.4 is 20.4 Å². The number of rotatable bonds is 7. The van der Waals surface area contributed by atoms with E-state index in [1.54, 1.807) is 4.90 Å². The van der Waals surface area contributed by atoms with Gasteiger partial charge in [-0.05, 0) is 69.6 Å². The molecule has 45 heavy (non-hydrogen) atoms. The van der Waals surface area contributed by atoms with Crippen molar-refractivity contribution < 1.29 is 4.79 Å². The second-order valence-electron chi connectivity index (χ2n) is 11.9. The third-order valence-electron chi connectivity index (χ3n) is 8.45. The van der Waals surface area contributed by atoms with Gasteiger partial charge in [-0.3, -0.25) is 0 Å². The molecule has 10 heteroatoms. The number of para-hydroxylation sites is 1. The predicted octanol–water partition coefficient (Wildman–Crippen LogP) is 5.65. The number of benzene rings is 2. The van der Waals surface area contributed by atoms with Crippen LogP contribution in [-0.2, 0) is 0 Å². The summed E-state index contributed by atoms with van der Waals surface area (Å²) in [5.41, 5.74) is 5.92. The van der Waals surface area contributed by atoms with Crippen LogP contribution in [0.25, 0.3) is 0 Å². The number of piperazine rings is 1. The van der Waals surface area contributed by atoms with Gasteiger partial charge in [0.15, 0.2) is 0 Å². The summed E-state index contributed by atoms with van der Waals surface area (Å²) in [6.07, 6.45) is 4.09. The van der Waals surface area contributed by atoms with Crippen LogP contribution in [0.1, 0.15) is 45.7 Å². The number of amidine groups is 1. The summed E-state index contributed by atoms with van der Waals surface area (Å²) >= 11 is 0. The zero-order valence-electron chi connectivity index (χ0n) is 28.8. The number of amides is 2. The molecular weight excluding hydrogens is 562 g/mol. The number of likely N-dealkylation sites (N-methyl/N-ethyl adjacent to an activating group) is 2. The van der Waals surface area contributed by atoms with Gasteiger partial charge in [-0.25, -0.2) is 19.7 Å². The molecule has 0 aliphatic carbocycles. The van der Waals surface area contributed by atoms with Crippen molar-refractivity contribution in [3.63, 3.8) is 0 Å². The Bertz CT molecular complexity index is 1370.